The summed E-state index contributed by atoms with van der Waals surface area (Å²) in [7, 11) is 0. The van der Waals surface area contributed by atoms with Crippen molar-refractivity contribution in [2.45, 2.75) is 31.9 Å². The fraction of sp³-hybridized carbons (Fsp3) is 1.00. The highest BCUT2D eigenvalue weighted by Crippen LogP contribution is 2.24. The zero-order valence-electron chi connectivity index (χ0n) is 5.71. The van der Waals surface area contributed by atoms with E-state index in [0.29, 0.717) is 5.92 Å². The molecule has 1 fully saturated rings. The second-order valence-corrected chi connectivity index (χ2v) is 2.91. The van der Waals surface area contributed by atoms with Gasteiger partial charge in [0, 0.05) is 6.04 Å². The molecule has 3 heteroatoms. The maximum absolute atomic E-state index is 5.67. The maximum atomic E-state index is 5.67. The van der Waals surface area contributed by atoms with Gasteiger partial charge in [0.25, 0.3) is 0 Å². The Morgan fingerprint density at radius 2 is 2.11 bits per heavy atom. The van der Waals surface area contributed by atoms with E-state index >= 15 is 0 Å². The quantitative estimate of drug-likeness (QED) is 0.491. The summed E-state index contributed by atoms with van der Waals surface area (Å²) in [6.45, 7) is 2.17. The molecule has 0 aromatic carbocycles. The highest BCUT2D eigenvalue weighted by Gasteiger charge is 2.29. The lowest BCUT2D eigenvalue weighted by Crippen LogP contribution is -2.33. The largest absolute Gasteiger partial charge is 0.325 e. The molecule has 3 atom stereocenters. The highest BCUT2D eigenvalue weighted by molar-refractivity contribution is 4.84. The summed E-state index contributed by atoms with van der Waals surface area (Å²) < 4.78 is 0. The molecule has 4 N–H and O–H groups in total. The van der Waals surface area contributed by atoms with Crippen molar-refractivity contribution in [2.75, 3.05) is 0 Å². The van der Waals surface area contributed by atoms with Gasteiger partial charge in [-0.2, -0.15) is 0 Å². The van der Waals surface area contributed by atoms with Crippen LogP contribution in [-0.2, 0) is 4.84 Å². The fourth-order valence-corrected chi connectivity index (χ4v) is 1.44. The summed E-state index contributed by atoms with van der Waals surface area (Å²) in [5, 5.41) is 0. The van der Waals surface area contributed by atoms with Crippen molar-refractivity contribution in [1.29, 1.82) is 0 Å². The molecule has 1 aliphatic rings. The van der Waals surface area contributed by atoms with Crippen LogP contribution >= 0.6 is 0 Å². The van der Waals surface area contributed by atoms with E-state index in [1.165, 1.54) is 0 Å². The van der Waals surface area contributed by atoms with Crippen molar-refractivity contribution < 1.29 is 4.84 Å². The minimum absolute atomic E-state index is 0.0972. The zero-order chi connectivity index (χ0) is 6.85. The molecule has 1 rings (SSSR count). The molecular formula is C6H14N2O. The Bertz CT molecular complexity index is 97.1. The van der Waals surface area contributed by atoms with E-state index < -0.39 is 0 Å². The van der Waals surface area contributed by atoms with Crippen molar-refractivity contribution in [3.05, 3.63) is 0 Å². The summed E-state index contributed by atoms with van der Waals surface area (Å²) >= 11 is 0. The first-order chi connectivity index (χ1) is 4.24. The molecule has 1 saturated carbocycles. The van der Waals surface area contributed by atoms with Gasteiger partial charge < -0.3 is 5.73 Å². The van der Waals surface area contributed by atoms with E-state index in [1.807, 2.05) is 0 Å². The van der Waals surface area contributed by atoms with Crippen LogP contribution in [-0.4, -0.2) is 12.1 Å². The third kappa shape index (κ3) is 1.41. The van der Waals surface area contributed by atoms with Gasteiger partial charge in [0.1, 0.15) is 0 Å². The molecule has 0 aromatic rings. The van der Waals surface area contributed by atoms with E-state index in [4.69, 9.17) is 11.6 Å². The third-order valence-corrected chi connectivity index (χ3v) is 1.96. The molecule has 3 nitrogen and oxygen atoms in total. The van der Waals surface area contributed by atoms with E-state index in [2.05, 4.69) is 11.8 Å². The summed E-state index contributed by atoms with van der Waals surface area (Å²) in [6.07, 6.45) is 2.15. The molecule has 0 aromatic heterocycles. The van der Waals surface area contributed by atoms with Crippen LogP contribution in [0, 0.1) is 5.92 Å². The number of hydrogen-bond donors (Lipinski definition) is 2. The minimum Gasteiger partial charge on any atom is -0.325 e. The molecular weight excluding hydrogens is 116 g/mol. The Kier molecular flexibility index (Phi) is 2.05. The van der Waals surface area contributed by atoms with Crippen molar-refractivity contribution in [2.24, 2.45) is 17.5 Å². The van der Waals surface area contributed by atoms with Gasteiger partial charge in [0.2, 0.25) is 0 Å². The van der Waals surface area contributed by atoms with Crippen LogP contribution in [0.1, 0.15) is 19.8 Å². The first-order valence-electron chi connectivity index (χ1n) is 3.35. The van der Waals surface area contributed by atoms with Crippen LogP contribution in [0.5, 0.6) is 0 Å². The van der Waals surface area contributed by atoms with Crippen LogP contribution in [0.25, 0.3) is 0 Å². The Balaban J connectivity index is 2.38. The van der Waals surface area contributed by atoms with Crippen molar-refractivity contribution in [1.82, 2.24) is 0 Å². The van der Waals surface area contributed by atoms with E-state index in [0.717, 1.165) is 12.8 Å². The molecule has 1 aliphatic carbocycles. The first kappa shape index (κ1) is 6.99. The molecule has 9 heavy (non-hydrogen) atoms. The van der Waals surface area contributed by atoms with Crippen molar-refractivity contribution in [3.63, 3.8) is 0 Å². The molecule has 0 amide bonds. The topological polar surface area (TPSA) is 61.3 Å². The predicted molar refractivity (Wildman–Crippen MR) is 35.4 cm³/mol. The Morgan fingerprint density at radius 3 is 2.33 bits per heavy atom. The predicted octanol–water partition coefficient (Wildman–Crippen LogP) is 0.00250. The average molecular weight is 130 g/mol. The Hall–Kier alpha value is -0.120. The average Bonchev–Trinajstić information content (AvgIpc) is 2.10. The molecule has 0 radical (unpaired) electrons. The van der Waals surface area contributed by atoms with E-state index in [1.54, 1.807) is 0 Å². The smallest absolute Gasteiger partial charge is 0.0940 e. The number of rotatable bonds is 1. The van der Waals surface area contributed by atoms with Gasteiger partial charge in [-0.25, -0.2) is 5.90 Å². The summed E-state index contributed by atoms with van der Waals surface area (Å²) in [4.78, 5) is 4.67. The first-order valence-corrected chi connectivity index (χ1v) is 3.35. The van der Waals surface area contributed by atoms with Crippen molar-refractivity contribution >= 4 is 0 Å². The lowest BCUT2D eigenvalue weighted by atomic mass is 10.1. The monoisotopic (exact) mass is 130 g/mol. The Morgan fingerprint density at radius 1 is 1.44 bits per heavy atom. The molecule has 0 heterocycles. The third-order valence-electron chi connectivity index (χ3n) is 1.96. The minimum atomic E-state index is 0.0972. The zero-order valence-corrected chi connectivity index (χ0v) is 5.71. The number of nitrogens with two attached hydrogens (primary N) is 2. The van der Waals surface area contributed by atoms with E-state index in [-0.39, 0.29) is 12.1 Å². The summed E-state index contributed by atoms with van der Waals surface area (Å²) in [5.74, 6) is 5.68. The van der Waals surface area contributed by atoms with Gasteiger partial charge >= 0.3 is 0 Å². The van der Waals surface area contributed by atoms with Gasteiger partial charge in [-0.3, -0.25) is 4.84 Å². The second kappa shape index (κ2) is 2.64. The van der Waals surface area contributed by atoms with E-state index in [9.17, 15) is 0 Å². The van der Waals surface area contributed by atoms with Gasteiger partial charge in [-0.1, -0.05) is 6.92 Å². The molecule has 54 valence electrons. The molecule has 0 saturated heterocycles. The van der Waals surface area contributed by atoms with Crippen LogP contribution in [0.2, 0.25) is 0 Å². The van der Waals surface area contributed by atoms with Crippen LogP contribution in [0.4, 0.5) is 0 Å². The van der Waals surface area contributed by atoms with Gasteiger partial charge in [-0.15, -0.1) is 0 Å². The van der Waals surface area contributed by atoms with Gasteiger partial charge in [0.05, 0.1) is 6.10 Å². The standard InChI is InChI=1S/C6H14N2O/c1-4-2-5(7)6(3-4)9-8/h4-6H,2-3,7-8H2,1H3. The lowest BCUT2D eigenvalue weighted by molar-refractivity contribution is 0.0462. The Labute approximate surface area is 55.3 Å². The molecule has 3 unspecified atom stereocenters. The second-order valence-electron chi connectivity index (χ2n) is 2.91. The summed E-state index contributed by atoms with van der Waals surface area (Å²) in [6, 6.07) is 0.157. The van der Waals surface area contributed by atoms with Crippen LogP contribution in [0.3, 0.4) is 0 Å². The molecule has 0 aliphatic heterocycles. The summed E-state index contributed by atoms with van der Waals surface area (Å²) in [5.41, 5.74) is 5.67. The lowest BCUT2D eigenvalue weighted by Gasteiger charge is -2.10. The molecule has 0 bridgehead atoms. The van der Waals surface area contributed by atoms with Gasteiger partial charge in [-0.05, 0) is 18.8 Å². The van der Waals surface area contributed by atoms with Crippen molar-refractivity contribution in [3.8, 4) is 0 Å². The van der Waals surface area contributed by atoms with Gasteiger partial charge in [0.15, 0.2) is 0 Å². The number of hydrogen-bond acceptors (Lipinski definition) is 3. The maximum Gasteiger partial charge on any atom is 0.0940 e. The SMILES string of the molecule is CC1CC(N)C(ON)C1. The van der Waals surface area contributed by atoms with Crippen LogP contribution < -0.4 is 11.6 Å². The van der Waals surface area contributed by atoms with Crippen LogP contribution in [0.15, 0.2) is 0 Å². The fourth-order valence-electron chi connectivity index (χ4n) is 1.44. The molecule has 0 spiro atoms. The normalized spacial score (nSPS) is 43.7. The highest BCUT2D eigenvalue weighted by atomic mass is 16.6.